The molecule has 0 spiro atoms. The number of thiophene rings is 1. The van der Waals surface area contributed by atoms with Crippen LogP contribution < -0.4 is 5.56 Å². The molecule has 0 fully saturated rings. The van der Waals surface area contributed by atoms with Crippen molar-refractivity contribution in [2.24, 2.45) is 0 Å². The fourth-order valence-electron chi connectivity index (χ4n) is 2.56. The van der Waals surface area contributed by atoms with E-state index < -0.39 is 11.6 Å². The zero-order chi connectivity index (χ0) is 16.0. The minimum atomic E-state index is -0.925. The van der Waals surface area contributed by atoms with Crippen LogP contribution >= 0.6 is 11.3 Å². The molecule has 0 N–H and O–H groups in total. The Morgan fingerprint density at radius 2 is 1.91 bits per heavy atom. The summed E-state index contributed by atoms with van der Waals surface area (Å²) in [4.78, 5) is 17.0. The summed E-state index contributed by atoms with van der Waals surface area (Å²) in [5.41, 5.74) is 1.01. The van der Waals surface area contributed by atoms with Crippen LogP contribution in [-0.2, 0) is 6.54 Å². The highest BCUT2D eigenvalue weighted by Gasteiger charge is 2.12. The summed E-state index contributed by atoms with van der Waals surface area (Å²) in [7, 11) is 0. The first-order valence-corrected chi connectivity index (χ1v) is 7.76. The zero-order valence-corrected chi connectivity index (χ0v) is 12.6. The average Bonchev–Trinajstić information content (AvgIpc) is 2.93. The standard InChI is InChI=1S/C17H10F2N2OS/c18-12-6-5-10(7-13(12)19)8-21-9-20-15-11-3-1-2-4-14(11)23-16(15)17(21)22/h1-7,9H,8H2. The molecule has 23 heavy (non-hydrogen) atoms. The van der Waals surface area contributed by atoms with Crippen molar-refractivity contribution in [3.63, 3.8) is 0 Å². The molecule has 0 atom stereocenters. The monoisotopic (exact) mass is 328 g/mol. The van der Waals surface area contributed by atoms with E-state index in [0.717, 1.165) is 22.2 Å². The van der Waals surface area contributed by atoms with Crippen LogP contribution in [0, 0.1) is 11.6 Å². The number of fused-ring (bicyclic) bond motifs is 3. The maximum atomic E-state index is 13.3. The first-order chi connectivity index (χ1) is 11.1. The molecule has 4 rings (SSSR count). The van der Waals surface area contributed by atoms with Crippen molar-refractivity contribution in [2.75, 3.05) is 0 Å². The van der Waals surface area contributed by atoms with E-state index in [0.29, 0.717) is 15.8 Å². The maximum Gasteiger partial charge on any atom is 0.271 e. The predicted molar refractivity (Wildman–Crippen MR) is 86.8 cm³/mol. The Bertz CT molecular complexity index is 1100. The highest BCUT2D eigenvalue weighted by atomic mass is 32.1. The third-order valence-electron chi connectivity index (χ3n) is 3.69. The van der Waals surface area contributed by atoms with Gasteiger partial charge >= 0.3 is 0 Å². The lowest BCUT2D eigenvalue weighted by Crippen LogP contribution is -2.20. The number of halogens is 2. The number of hydrogen-bond acceptors (Lipinski definition) is 3. The van der Waals surface area contributed by atoms with E-state index in [1.807, 2.05) is 24.3 Å². The molecule has 0 amide bonds. The lowest BCUT2D eigenvalue weighted by molar-refractivity contribution is 0.506. The summed E-state index contributed by atoms with van der Waals surface area (Å²) in [6.07, 6.45) is 1.45. The van der Waals surface area contributed by atoms with Crippen molar-refractivity contribution >= 4 is 31.6 Å². The van der Waals surface area contributed by atoms with E-state index in [2.05, 4.69) is 4.98 Å². The Labute approximate surface area is 133 Å². The average molecular weight is 328 g/mol. The summed E-state index contributed by atoms with van der Waals surface area (Å²) >= 11 is 1.39. The Balaban J connectivity index is 1.84. The lowest BCUT2D eigenvalue weighted by atomic mass is 10.2. The van der Waals surface area contributed by atoms with Crippen molar-refractivity contribution < 1.29 is 8.78 Å². The molecule has 0 bridgehead atoms. The molecule has 114 valence electrons. The van der Waals surface area contributed by atoms with E-state index in [9.17, 15) is 13.6 Å². The smallest absolute Gasteiger partial charge is 0.271 e. The van der Waals surface area contributed by atoms with Crippen LogP contribution in [0.2, 0.25) is 0 Å². The van der Waals surface area contributed by atoms with Gasteiger partial charge in [-0.1, -0.05) is 24.3 Å². The molecule has 0 radical (unpaired) electrons. The lowest BCUT2D eigenvalue weighted by Gasteiger charge is -2.05. The van der Waals surface area contributed by atoms with Crippen molar-refractivity contribution in [1.29, 1.82) is 0 Å². The SMILES string of the molecule is O=c1c2sc3ccccc3c2ncn1Cc1ccc(F)c(F)c1. The molecule has 3 nitrogen and oxygen atoms in total. The second-order valence-corrected chi connectivity index (χ2v) is 6.25. The highest BCUT2D eigenvalue weighted by Crippen LogP contribution is 2.29. The quantitative estimate of drug-likeness (QED) is 0.559. The van der Waals surface area contributed by atoms with Gasteiger partial charge in [0.05, 0.1) is 18.4 Å². The second-order valence-electron chi connectivity index (χ2n) is 5.20. The van der Waals surface area contributed by atoms with E-state index in [1.54, 1.807) is 0 Å². The van der Waals surface area contributed by atoms with Gasteiger partial charge in [0.2, 0.25) is 0 Å². The van der Waals surface area contributed by atoms with E-state index >= 15 is 0 Å². The van der Waals surface area contributed by atoms with Gasteiger partial charge in [-0.25, -0.2) is 13.8 Å². The van der Waals surface area contributed by atoms with Gasteiger partial charge in [-0.05, 0) is 23.8 Å². The summed E-state index contributed by atoms with van der Waals surface area (Å²) in [6.45, 7) is 0.146. The number of benzene rings is 2. The minimum absolute atomic E-state index is 0.146. The Kier molecular flexibility index (Phi) is 3.20. The largest absolute Gasteiger partial charge is 0.294 e. The van der Waals surface area contributed by atoms with Crippen LogP contribution in [0.4, 0.5) is 8.78 Å². The van der Waals surface area contributed by atoms with Crippen LogP contribution in [-0.4, -0.2) is 9.55 Å². The third kappa shape index (κ3) is 2.31. The number of nitrogens with zero attached hydrogens (tertiary/aromatic N) is 2. The molecule has 0 aliphatic carbocycles. The van der Waals surface area contributed by atoms with Crippen LogP contribution in [0.5, 0.6) is 0 Å². The molecule has 0 saturated heterocycles. The Morgan fingerprint density at radius 3 is 2.74 bits per heavy atom. The van der Waals surface area contributed by atoms with Crippen molar-refractivity contribution in [3.05, 3.63) is 76.3 Å². The summed E-state index contributed by atoms with van der Waals surface area (Å²) in [5, 5.41) is 0.949. The summed E-state index contributed by atoms with van der Waals surface area (Å²) in [6, 6.07) is 11.3. The number of aromatic nitrogens is 2. The van der Waals surface area contributed by atoms with Gasteiger partial charge in [0.1, 0.15) is 4.70 Å². The topological polar surface area (TPSA) is 34.9 Å². The fourth-order valence-corrected chi connectivity index (χ4v) is 3.67. The molecule has 0 saturated carbocycles. The van der Waals surface area contributed by atoms with Crippen LogP contribution in [0.15, 0.2) is 53.6 Å². The molecular weight excluding hydrogens is 318 g/mol. The molecule has 0 aliphatic heterocycles. The van der Waals surface area contributed by atoms with Crippen molar-refractivity contribution in [2.45, 2.75) is 6.54 Å². The summed E-state index contributed by atoms with van der Waals surface area (Å²) < 4.78 is 29.3. The number of hydrogen-bond donors (Lipinski definition) is 0. The normalized spacial score (nSPS) is 11.4. The van der Waals surface area contributed by atoms with E-state index in [1.165, 1.54) is 28.3 Å². The maximum absolute atomic E-state index is 13.3. The van der Waals surface area contributed by atoms with Gasteiger partial charge in [0.15, 0.2) is 11.6 Å². The second kappa shape index (κ2) is 5.24. The van der Waals surface area contributed by atoms with Gasteiger partial charge in [-0.15, -0.1) is 11.3 Å². The van der Waals surface area contributed by atoms with Crippen LogP contribution in [0.25, 0.3) is 20.3 Å². The fraction of sp³-hybridized carbons (Fsp3) is 0.0588. The molecule has 2 aromatic heterocycles. The first-order valence-electron chi connectivity index (χ1n) is 6.94. The molecular formula is C17H10F2N2OS. The van der Waals surface area contributed by atoms with Gasteiger partial charge in [-0.3, -0.25) is 9.36 Å². The summed E-state index contributed by atoms with van der Waals surface area (Å²) in [5.74, 6) is -1.83. The van der Waals surface area contributed by atoms with Crippen LogP contribution in [0.1, 0.15) is 5.56 Å². The Hall–Kier alpha value is -2.60. The van der Waals surface area contributed by atoms with Crippen molar-refractivity contribution in [1.82, 2.24) is 9.55 Å². The molecule has 0 aliphatic rings. The number of rotatable bonds is 2. The van der Waals surface area contributed by atoms with Gasteiger partial charge in [0.25, 0.3) is 5.56 Å². The molecule has 0 unspecified atom stereocenters. The van der Waals surface area contributed by atoms with Crippen molar-refractivity contribution in [3.8, 4) is 0 Å². The zero-order valence-electron chi connectivity index (χ0n) is 11.8. The van der Waals surface area contributed by atoms with E-state index in [4.69, 9.17) is 0 Å². The van der Waals surface area contributed by atoms with E-state index in [-0.39, 0.29) is 12.1 Å². The molecule has 6 heteroatoms. The van der Waals surface area contributed by atoms with Gasteiger partial charge < -0.3 is 0 Å². The Morgan fingerprint density at radius 1 is 1.09 bits per heavy atom. The van der Waals surface area contributed by atoms with Crippen LogP contribution in [0.3, 0.4) is 0 Å². The third-order valence-corrected chi connectivity index (χ3v) is 4.84. The van der Waals surface area contributed by atoms with Gasteiger partial charge in [0, 0.05) is 10.1 Å². The highest BCUT2D eigenvalue weighted by molar-refractivity contribution is 7.25. The predicted octanol–water partition coefficient (Wildman–Crippen LogP) is 3.94. The minimum Gasteiger partial charge on any atom is -0.294 e. The molecule has 4 aromatic rings. The molecule has 2 heterocycles. The molecule has 2 aromatic carbocycles. The van der Waals surface area contributed by atoms with Gasteiger partial charge in [-0.2, -0.15) is 0 Å². The first kappa shape index (κ1) is 14.0.